The molecule has 1 aromatic carbocycles. The molecule has 2 atom stereocenters. The van der Waals surface area contributed by atoms with Crippen molar-refractivity contribution in [1.29, 1.82) is 0 Å². The van der Waals surface area contributed by atoms with Crippen LogP contribution in [0.3, 0.4) is 0 Å². The molecule has 0 amide bonds. The normalized spacial score (nSPS) is 21.7. The molecule has 1 aliphatic heterocycles. The Balaban J connectivity index is 1.86. The van der Waals surface area contributed by atoms with Crippen molar-refractivity contribution in [2.24, 2.45) is 5.92 Å². The molecule has 0 saturated carbocycles. The Labute approximate surface area is 100.0 Å². The van der Waals surface area contributed by atoms with Gasteiger partial charge in [-0.3, -0.25) is 0 Å². The first-order valence-corrected chi connectivity index (χ1v) is 5.92. The monoisotopic (exact) mass is 241 g/mol. The summed E-state index contributed by atoms with van der Waals surface area (Å²) < 4.78 is 31.0. The molecule has 1 heterocycles. The van der Waals surface area contributed by atoms with Crippen molar-refractivity contribution < 1.29 is 13.5 Å². The van der Waals surface area contributed by atoms with Crippen molar-refractivity contribution in [3.05, 3.63) is 35.4 Å². The molecule has 2 unspecified atom stereocenters. The van der Waals surface area contributed by atoms with Crippen LogP contribution < -0.4 is 5.32 Å². The Bertz CT molecular complexity index is 378. The summed E-state index contributed by atoms with van der Waals surface area (Å²) in [6.07, 6.45) is 1.06. The lowest BCUT2D eigenvalue weighted by Crippen LogP contribution is -2.33. The third kappa shape index (κ3) is 3.23. The summed E-state index contributed by atoms with van der Waals surface area (Å²) in [6, 6.07) is 4.32. The molecule has 2 nitrogen and oxygen atoms in total. The highest BCUT2D eigenvalue weighted by Crippen LogP contribution is 2.17. The van der Waals surface area contributed by atoms with Crippen LogP contribution in [-0.4, -0.2) is 19.3 Å². The number of nitrogens with one attached hydrogen (secondary N) is 1. The van der Waals surface area contributed by atoms with Crippen LogP contribution >= 0.6 is 0 Å². The van der Waals surface area contributed by atoms with Gasteiger partial charge in [-0.05, 0) is 37.0 Å². The van der Waals surface area contributed by atoms with Crippen LogP contribution in [0.15, 0.2) is 18.2 Å². The molecule has 1 fully saturated rings. The molecule has 0 aliphatic carbocycles. The smallest absolute Gasteiger partial charge is 0.159 e. The molecule has 2 rings (SSSR count). The van der Waals surface area contributed by atoms with E-state index >= 15 is 0 Å². The van der Waals surface area contributed by atoms with Crippen molar-refractivity contribution in [3.63, 3.8) is 0 Å². The van der Waals surface area contributed by atoms with Crippen molar-refractivity contribution in [1.82, 2.24) is 5.32 Å². The SMILES string of the molecule is CC(NCc1ccc(F)c(F)c1)C1CCOC1. The second kappa shape index (κ2) is 5.56. The van der Waals surface area contributed by atoms with Gasteiger partial charge in [0.15, 0.2) is 11.6 Å². The van der Waals surface area contributed by atoms with Crippen LogP contribution in [0, 0.1) is 17.6 Å². The third-order valence-corrected chi connectivity index (χ3v) is 3.28. The van der Waals surface area contributed by atoms with Gasteiger partial charge in [0.1, 0.15) is 0 Å². The van der Waals surface area contributed by atoms with Gasteiger partial charge < -0.3 is 10.1 Å². The first kappa shape index (κ1) is 12.5. The van der Waals surface area contributed by atoms with Gasteiger partial charge >= 0.3 is 0 Å². The molecule has 1 N–H and O–H groups in total. The lowest BCUT2D eigenvalue weighted by Gasteiger charge is -2.19. The standard InChI is InChI=1S/C13H17F2NO/c1-9(11-4-5-17-8-11)16-7-10-2-3-12(14)13(15)6-10/h2-3,6,9,11,16H,4-5,7-8H2,1H3. The fourth-order valence-electron chi connectivity index (χ4n) is 2.04. The van der Waals surface area contributed by atoms with Crippen molar-refractivity contribution in [2.75, 3.05) is 13.2 Å². The minimum Gasteiger partial charge on any atom is -0.381 e. The van der Waals surface area contributed by atoms with Gasteiger partial charge in [-0.1, -0.05) is 6.07 Å². The Morgan fingerprint density at radius 1 is 1.41 bits per heavy atom. The highest BCUT2D eigenvalue weighted by atomic mass is 19.2. The van der Waals surface area contributed by atoms with E-state index in [1.807, 2.05) is 0 Å². The molecule has 0 bridgehead atoms. The molecule has 0 spiro atoms. The van der Waals surface area contributed by atoms with Crippen LogP contribution in [-0.2, 0) is 11.3 Å². The predicted molar refractivity (Wildman–Crippen MR) is 61.6 cm³/mol. The number of hydrogen-bond acceptors (Lipinski definition) is 2. The van der Waals surface area contributed by atoms with E-state index in [1.54, 1.807) is 6.07 Å². The number of rotatable bonds is 4. The predicted octanol–water partition coefficient (Wildman–Crippen LogP) is 2.48. The Hall–Kier alpha value is -1.00. The lowest BCUT2D eigenvalue weighted by molar-refractivity contribution is 0.178. The summed E-state index contributed by atoms with van der Waals surface area (Å²) >= 11 is 0. The van der Waals surface area contributed by atoms with Crippen LogP contribution in [0.1, 0.15) is 18.9 Å². The quantitative estimate of drug-likeness (QED) is 0.874. The summed E-state index contributed by atoms with van der Waals surface area (Å²) in [4.78, 5) is 0. The maximum absolute atomic E-state index is 13.0. The van der Waals surface area contributed by atoms with Gasteiger partial charge in [0, 0.05) is 19.2 Å². The lowest BCUT2D eigenvalue weighted by atomic mass is 10.0. The van der Waals surface area contributed by atoms with E-state index in [-0.39, 0.29) is 0 Å². The van der Waals surface area contributed by atoms with E-state index < -0.39 is 11.6 Å². The van der Waals surface area contributed by atoms with Crippen molar-refractivity contribution in [3.8, 4) is 0 Å². The van der Waals surface area contributed by atoms with Crippen LogP contribution in [0.4, 0.5) is 8.78 Å². The topological polar surface area (TPSA) is 21.3 Å². The van der Waals surface area contributed by atoms with E-state index in [0.29, 0.717) is 18.5 Å². The summed E-state index contributed by atoms with van der Waals surface area (Å²) in [5, 5.41) is 3.32. The second-order valence-electron chi connectivity index (χ2n) is 4.54. The number of halogens is 2. The fourth-order valence-corrected chi connectivity index (χ4v) is 2.04. The molecule has 1 aliphatic rings. The Morgan fingerprint density at radius 2 is 2.24 bits per heavy atom. The van der Waals surface area contributed by atoms with Gasteiger partial charge in [-0.25, -0.2) is 8.78 Å². The highest BCUT2D eigenvalue weighted by molar-refractivity contribution is 5.17. The minimum atomic E-state index is -0.800. The molecular formula is C13H17F2NO. The van der Waals surface area contributed by atoms with E-state index in [9.17, 15) is 8.78 Å². The highest BCUT2D eigenvalue weighted by Gasteiger charge is 2.21. The Morgan fingerprint density at radius 3 is 2.88 bits per heavy atom. The second-order valence-corrected chi connectivity index (χ2v) is 4.54. The van der Waals surface area contributed by atoms with Crippen LogP contribution in [0.2, 0.25) is 0 Å². The van der Waals surface area contributed by atoms with E-state index in [0.717, 1.165) is 31.3 Å². The number of hydrogen-bond donors (Lipinski definition) is 1. The molecule has 0 aromatic heterocycles. The zero-order chi connectivity index (χ0) is 12.3. The zero-order valence-electron chi connectivity index (χ0n) is 9.88. The summed E-state index contributed by atoms with van der Waals surface area (Å²) in [6.45, 7) is 4.25. The van der Waals surface area contributed by atoms with Gasteiger partial charge in [-0.2, -0.15) is 0 Å². The van der Waals surface area contributed by atoms with Gasteiger partial charge in [-0.15, -0.1) is 0 Å². The first-order chi connectivity index (χ1) is 8.16. The number of ether oxygens (including phenoxy) is 1. The van der Waals surface area contributed by atoms with Crippen molar-refractivity contribution >= 4 is 0 Å². The maximum atomic E-state index is 13.0. The first-order valence-electron chi connectivity index (χ1n) is 5.92. The molecule has 94 valence electrons. The Kier molecular flexibility index (Phi) is 4.07. The molecule has 1 saturated heterocycles. The van der Waals surface area contributed by atoms with E-state index in [1.165, 1.54) is 6.07 Å². The average molecular weight is 241 g/mol. The minimum absolute atomic E-state index is 0.325. The molecule has 1 aromatic rings. The van der Waals surface area contributed by atoms with E-state index in [4.69, 9.17) is 4.74 Å². The summed E-state index contributed by atoms with van der Waals surface area (Å²) in [7, 11) is 0. The third-order valence-electron chi connectivity index (χ3n) is 3.28. The maximum Gasteiger partial charge on any atom is 0.159 e. The zero-order valence-corrected chi connectivity index (χ0v) is 9.88. The molecule has 4 heteroatoms. The van der Waals surface area contributed by atoms with Gasteiger partial charge in [0.2, 0.25) is 0 Å². The molecular weight excluding hydrogens is 224 g/mol. The molecule has 0 radical (unpaired) electrons. The van der Waals surface area contributed by atoms with Crippen LogP contribution in [0.5, 0.6) is 0 Å². The van der Waals surface area contributed by atoms with E-state index in [2.05, 4.69) is 12.2 Å². The van der Waals surface area contributed by atoms with Crippen molar-refractivity contribution in [2.45, 2.75) is 25.9 Å². The van der Waals surface area contributed by atoms with Gasteiger partial charge in [0.05, 0.1) is 6.61 Å². The number of benzene rings is 1. The summed E-state index contributed by atoms with van der Waals surface area (Å²) in [5.41, 5.74) is 0.759. The molecule has 17 heavy (non-hydrogen) atoms. The fraction of sp³-hybridized carbons (Fsp3) is 0.538. The summed E-state index contributed by atoms with van der Waals surface area (Å²) in [5.74, 6) is -1.08. The van der Waals surface area contributed by atoms with Crippen LogP contribution in [0.25, 0.3) is 0 Å². The average Bonchev–Trinajstić information content (AvgIpc) is 2.84. The van der Waals surface area contributed by atoms with Gasteiger partial charge in [0.25, 0.3) is 0 Å². The largest absolute Gasteiger partial charge is 0.381 e.